The van der Waals surface area contributed by atoms with Gasteiger partial charge in [0.25, 0.3) is 0 Å². The van der Waals surface area contributed by atoms with E-state index < -0.39 is 0 Å². The van der Waals surface area contributed by atoms with Crippen molar-refractivity contribution < 1.29 is 14.6 Å². The Kier molecular flexibility index (Phi) is 4.77. The molecule has 0 bridgehead atoms. The third kappa shape index (κ3) is 2.98. The highest BCUT2D eigenvalue weighted by Crippen LogP contribution is 2.67. The average Bonchev–Trinajstić information content (AvgIpc) is 3.05. The summed E-state index contributed by atoms with van der Waals surface area (Å²) in [5.74, 6) is 3.31. The number of fused-ring (bicyclic) bond motifs is 5. The molecule has 29 heavy (non-hydrogen) atoms. The lowest BCUT2D eigenvalue weighted by Gasteiger charge is -2.58. The Morgan fingerprint density at radius 3 is 2.72 bits per heavy atom. The van der Waals surface area contributed by atoms with Crippen LogP contribution in [0.5, 0.6) is 0 Å². The maximum atomic E-state index is 11.8. The van der Waals surface area contributed by atoms with Gasteiger partial charge in [0.05, 0.1) is 6.10 Å². The van der Waals surface area contributed by atoms with Crippen LogP contribution in [0.25, 0.3) is 0 Å². The summed E-state index contributed by atoms with van der Waals surface area (Å²) in [6.45, 7) is 7.41. The van der Waals surface area contributed by atoms with Gasteiger partial charge >= 0.3 is 5.97 Å². The molecule has 0 spiro atoms. The van der Waals surface area contributed by atoms with E-state index in [-0.39, 0.29) is 18.2 Å². The second kappa shape index (κ2) is 6.97. The number of carbonyl (C=O) groups is 1. The fourth-order valence-corrected chi connectivity index (χ4v) is 8.66. The van der Waals surface area contributed by atoms with Gasteiger partial charge in [0, 0.05) is 12.5 Å². The van der Waals surface area contributed by atoms with Gasteiger partial charge in [-0.05, 0) is 91.8 Å². The number of cyclic esters (lactones) is 1. The van der Waals surface area contributed by atoms with Crippen molar-refractivity contribution in [3.8, 4) is 0 Å². The topological polar surface area (TPSA) is 46.5 Å². The van der Waals surface area contributed by atoms with Gasteiger partial charge in [-0.2, -0.15) is 0 Å². The van der Waals surface area contributed by atoms with Crippen LogP contribution >= 0.6 is 0 Å². The summed E-state index contributed by atoms with van der Waals surface area (Å²) in [4.78, 5) is 11.8. The maximum absolute atomic E-state index is 11.8. The van der Waals surface area contributed by atoms with Crippen LogP contribution in [-0.4, -0.2) is 23.3 Å². The number of allylic oxidation sites excluding steroid dienone is 1. The molecule has 4 aliphatic carbocycles. The van der Waals surface area contributed by atoms with Crippen molar-refractivity contribution in [1.82, 2.24) is 0 Å². The molecular formula is C26H38O3. The third-order valence-electron chi connectivity index (χ3n) is 10.3. The molecule has 0 aromatic rings. The van der Waals surface area contributed by atoms with Crippen LogP contribution in [-0.2, 0) is 9.53 Å². The molecule has 0 unspecified atom stereocenters. The number of hydrogen-bond acceptors (Lipinski definition) is 3. The van der Waals surface area contributed by atoms with Crippen molar-refractivity contribution in [2.24, 2.45) is 40.4 Å². The van der Waals surface area contributed by atoms with Crippen molar-refractivity contribution in [3.05, 3.63) is 23.8 Å². The number of aliphatic hydroxyl groups is 1. The summed E-state index contributed by atoms with van der Waals surface area (Å²) in [5, 5.41) is 10.2. The van der Waals surface area contributed by atoms with E-state index in [0.29, 0.717) is 22.7 Å². The Morgan fingerprint density at radius 1 is 1.10 bits per heavy atom. The number of rotatable bonds is 2. The van der Waals surface area contributed by atoms with E-state index in [4.69, 9.17) is 4.74 Å². The minimum absolute atomic E-state index is 0.0565. The molecule has 1 aliphatic heterocycles. The minimum atomic E-state index is -0.158. The molecular weight excluding hydrogens is 360 g/mol. The van der Waals surface area contributed by atoms with E-state index in [0.717, 1.165) is 43.4 Å². The Labute approximate surface area is 176 Å². The second-order valence-electron chi connectivity index (χ2n) is 11.4. The largest absolute Gasteiger partial charge is 0.459 e. The fourth-order valence-electron chi connectivity index (χ4n) is 8.66. The first-order chi connectivity index (χ1) is 13.8. The summed E-state index contributed by atoms with van der Waals surface area (Å²) < 4.78 is 5.73. The predicted octanol–water partition coefficient (Wildman–Crippen LogP) is 5.43. The molecule has 3 heteroatoms. The van der Waals surface area contributed by atoms with Gasteiger partial charge in [-0.1, -0.05) is 38.5 Å². The van der Waals surface area contributed by atoms with Crippen LogP contribution in [0.3, 0.4) is 0 Å². The standard InChI is InChI=1S/C26H38O3/c1-16(23-5-4-6-24(28)29-23)20-9-10-21-19-8-7-17-15-18(27)11-13-25(17,2)22(19)12-14-26(20,21)3/h4,6-7,16,18-23,27H,5,8-15H2,1-3H3/t16-,18-,19-,20+,21-,22-,23+,25-,26+/m0/s1. The SMILES string of the molecule is C[C@@H]([C@H]1CC[C@H]2[C@@H]3CC=C4C[C@@H](O)CC[C@]4(C)[C@H]3CC[C@]12C)[C@H]1CC=CC(=O)O1. The van der Waals surface area contributed by atoms with Crippen molar-refractivity contribution in [1.29, 1.82) is 0 Å². The predicted molar refractivity (Wildman–Crippen MR) is 114 cm³/mol. The molecule has 3 fully saturated rings. The molecule has 5 rings (SSSR count). The van der Waals surface area contributed by atoms with Gasteiger partial charge in [0.15, 0.2) is 0 Å². The normalized spacial score (nSPS) is 50.1. The van der Waals surface area contributed by atoms with Crippen LogP contribution < -0.4 is 0 Å². The van der Waals surface area contributed by atoms with Gasteiger partial charge in [-0.3, -0.25) is 0 Å². The Morgan fingerprint density at radius 2 is 1.93 bits per heavy atom. The lowest BCUT2D eigenvalue weighted by atomic mass is 9.47. The average molecular weight is 399 g/mol. The van der Waals surface area contributed by atoms with Crippen molar-refractivity contribution in [2.45, 2.75) is 90.8 Å². The molecule has 9 atom stereocenters. The summed E-state index contributed by atoms with van der Waals surface area (Å²) in [5.41, 5.74) is 2.26. The van der Waals surface area contributed by atoms with E-state index in [2.05, 4.69) is 26.8 Å². The molecule has 5 aliphatic rings. The molecule has 0 amide bonds. The number of carbonyl (C=O) groups excluding carboxylic acids is 1. The summed E-state index contributed by atoms with van der Waals surface area (Å²) in [6, 6.07) is 0. The van der Waals surface area contributed by atoms with E-state index in [1.54, 1.807) is 11.6 Å². The van der Waals surface area contributed by atoms with E-state index in [1.807, 2.05) is 6.08 Å². The zero-order valence-electron chi connectivity index (χ0n) is 18.4. The molecule has 160 valence electrons. The van der Waals surface area contributed by atoms with Crippen molar-refractivity contribution in [3.63, 3.8) is 0 Å². The molecule has 0 aromatic heterocycles. The van der Waals surface area contributed by atoms with Crippen LogP contribution in [0, 0.1) is 40.4 Å². The van der Waals surface area contributed by atoms with Crippen molar-refractivity contribution >= 4 is 5.97 Å². The zero-order valence-corrected chi connectivity index (χ0v) is 18.4. The van der Waals surface area contributed by atoms with Crippen LogP contribution in [0.2, 0.25) is 0 Å². The third-order valence-corrected chi connectivity index (χ3v) is 10.3. The number of esters is 1. The number of aliphatic hydroxyl groups excluding tert-OH is 1. The van der Waals surface area contributed by atoms with E-state index >= 15 is 0 Å². The Hall–Kier alpha value is -1.09. The molecule has 1 N–H and O–H groups in total. The van der Waals surface area contributed by atoms with Crippen LogP contribution in [0.4, 0.5) is 0 Å². The Balaban J connectivity index is 1.38. The highest BCUT2D eigenvalue weighted by atomic mass is 16.5. The van der Waals surface area contributed by atoms with Crippen LogP contribution in [0.15, 0.2) is 23.8 Å². The van der Waals surface area contributed by atoms with Gasteiger partial charge < -0.3 is 9.84 Å². The summed E-state index contributed by atoms with van der Waals surface area (Å²) >= 11 is 0. The fraction of sp³-hybridized carbons (Fsp3) is 0.808. The van der Waals surface area contributed by atoms with Gasteiger partial charge in [-0.15, -0.1) is 0 Å². The van der Waals surface area contributed by atoms with E-state index in [1.165, 1.54) is 32.1 Å². The maximum Gasteiger partial charge on any atom is 0.330 e. The first-order valence-electron chi connectivity index (χ1n) is 12.1. The lowest BCUT2D eigenvalue weighted by molar-refractivity contribution is -0.149. The molecule has 1 heterocycles. The van der Waals surface area contributed by atoms with E-state index in [9.17, 15) is 9.90 Å². The lowest BCUT2D eigenvalue weighted by Crippen LogP contribution is -2.51. The molecule has 3 nitrogen and oxygen atoms in total. The molecule has 0 aromatic carbocycles. The second-order valence-corrected chi connectivity index (χ2v) is 11.4. The monoisotopic (exact) mass is 398 g/mol. The summed E-state index contributed by atoms with van der Waals surface area (Å²) in [6.07, 6.45) is 16.4. The molecule has 0 radical (unpaired) electrons. The van der Waals surface area contributed by atoms with Crippen LogP contribution in [0.1, 0.15) is 78.6 Å². The van der Waals surface area contributed by atoms with Gasteiger partial charge in [-0.25, -0.2) is 4.79 Å². The van der Waals surface area contributed by atoms with Gasteiger partial charge in [0.2, 0.25) is 0 Å². The minimum Gasteiger partial charge on any atom is -0.459 e. The van der Waals surface area contributed by atoms with Crippen molar-refractivity contribution in [2.75, 3.05) is 0 Å². The first kappa shape index (κ1) is 19.8. The first-order valence-corrected chi connectivity index (χ1v) is 12.1. The molecule has 0 saturated heterocycles. The highest BCUT2D eigenvalue weighted by Gasteiger charge is 2.59. The quantitative estimate of drug-likeness (QED) is 0.498. The molecule has 3 saturated carbocycles. The highest BCUT2D eigenvalue weighted by molar-refractivity contribution is 5.82. The number of ether oxygens (including phenoxy) is 1. The smallest absolute Gasteiger partial charge is 0.330 e. The van der Waals surface area contributed by atoms with Gasteiger partial charge in [0.1, 0.15) is 6.10 Å². The Bertz CT molecular complexity index is 738. The zero-order chi connectivity index (χ0) is 20.4. The number of hydrogen-bond donors (Lipinski definition) is 1. The summed E-state index contributed by atoms with van der Waals surface area (Å²) in [7, 11) is 0.